The van der Waals surface area contributed by atoms with Gasteiger partial charge in [-0.2, -0.15) is 0 Å². The minimum atomic E-state index is -0.683. The van der Waals surface area contributed by atoms with Crippen LogP contribution < -0.4 is 9.80 Å². The topological polar surface area (TPSA) is 65.6 Å². The molecule has 4 saturated heterocycles. The van der Waals surface area contributed by atoms with Crippen LogP contribution in [0.2, 0.25) is 0 Å². The predicted molar refractivity (Wildman–Crippen MR) is 145 cm³/mol. The number of anilines is 2. The molecule has 0 N–H and O–H groups in total. The van der Waals surface area contributed by atoms with Gasteiger partial charge in [-0.1, -0.05) is 0 Å². The molecule has 8 nitrogen and oxygen atoms in total. The highest BCUT2D eigenvalue weighted by Crippen LogP contribution is 2.43. The van der Waals surface area contributed by atoms with E-state index in [1.807, 2.05) is 25.7 Å². The van der Waals surface area contributed by atoms with Gasteiger partial charge in [0, 0.05) is 56.2 Å². The second kappa shape index (κ2) is 10.4. The summed E-state index contributed by atoms with van der Waals surface area (Å²) in [5.74, 6) is 0.206. The molecule has 0 radical (unpaired) electrons. The van der Waals surface area contributed by atoms with Crippen LogP contribution in [0.3, 0.4) is 0 Å². The highest BCUT2D eigenvalue weighted by molar-refractivity contribution is 6.00. The zero-order valence-corrected chi connectivity index (χ0v) is 23.1. The highest BCUT2D eigenvalue weighted by atomic mass is 16.8. The van der Waals surface area contributed by atoms with E-state index in [9.17, 15) is 9.59 Å². The molecule has 1 aromatic carbocycles. The summed E-state index contributed by atoms with van der Waals surface area (Å²) in [4.78, 5) is 38.1. The van der Waals surface area contributed by atoms with E-state index in [0.717, 1.165) is 43.8 Å². The monoisotopic (exact) mass is 512 g/mol. The minimum absolute atomic E-state index is 0.206. The average molecular weight is 513 g/mol. The molecule has 1 aromatic rings. The molecule has 0 saturated carbocycles. The molecule has 5 rings (SSSR count). The molecular formula is C29H44N4O4. The fourth-order valence-corrected chi connectivity index (χ4v) is 6.71. The Labute approximate surface area is 221 Å². The van der Waals surface area contributed by atoms with Crippen LogP contribution in [-0.2, 0) is 14.4 Å². The third kappa shape index (κ3) is 5.75. The van der Waals surface area contributed by atoms with E-state index in [4.69, 9.17) is 9.57 Å². The smallest absolute Gasteiger partial charge is 0.427 e. The van der Waals surface area contributed by atoms with E-state index >= 15 is 0 Å². The minimum Gasteiger partial charge on any atom is -0.427 e. The summed E-state index contributed by atoms with van der Waals surface area (Å²) in [7, 11) is 0. The summed E-state index contributed by atoms with van der Waals surface area (Å²) >= 11 is 0. The number of carbonyl (C=O) groups is 2. The van der Waals surface area contributed by atoms with Crippen LogP contribution in [0.15, 0.2) is 24.3 Å². The van der Waals surface area contributed by atoms with Gasteiger partial charge in [0.2, 0.25) is 5.91 Å². The van der Waals surface area contributed by atoms with E-state index in [0.29, 0.717) is 25.9 Å². The molecule has 0 bridgehead atoms. The first kappa shape index (κ1) is 26.3. The molecule has 4 fully saturated rings. The second-order valence-corrected chi connectivity index (χ2v) is 12.4. The van der Waals surface area contributed by atoms with Crippen LogP contribution >= 0.6 is 0 Å². The normalized spacial score (nSPS) is 25.7. The number of benzene rings is 1. The lowest BCUT2D eigenvalue weighted by molar-refractivity contribution is -0.166. The number of ether oxygens (including phenoxy) is 1. The van der Waals surface area contributed by atoms with Crippen molar-refractivity contribution in [1.29, 1.82) is 0 Å². The number of hydrogen-bond acceptors (Lipinski definition) is 7. The summed E-state index contributed by atoms with van der Waals surface area (Å²) < 4.78 is 5.26. The molecule has 8 heteroatoms. The van der Waals surface area contributed by atoms with Gasteiger partial charge in [0.1, 0.15) is 5.60 Å². The van der Waals surface area contributed by atoms with Gasteiger partial charge < -0.3 is 19.4 Å². The number of likely N-dealkylation sites (tertiary alicyclic amines) is 1. The zero-order valence-electron chi connectivity index (χ0n) is 23.1. The zero-order chi connectivity index (χ0) is 26.2. The van der Waals surface area contributed by atoms with Gasteiger partial charge in [-0.25, -0.2) is 4.79 Å². The third-order valence-electron chi connectivity index (χ3n) is 8.85. The van der Waals surface area contributed by atoms with Gasteiger partial charge in [0.15, 0.2) is 0 Å². The van der Waals surface area contributed by atoms with E-state index in [1.165, 1.54) is 37.9 Å². The Morgan fingerprint density at radius 3 is 2.11 bits per heavy atom. The van der Waals surface area contributed by atoms with Crippen molar-refractivity contribution in [2.24, 2.45) is 5.41 Å². The Morgan fingerprint density at radius 1 is 0.892 bits per heavy atom. The molecule has 1 atom stereocenters. The van der Waals surface area contributed by atoms with Gasteiger partial charge in [0.05, 0.1) is 5.41 Å². The van der Waals surface area contributed by atoms with Gasteiger partial charge in [-0.15, -0.1) is 5.06 Å². The van der Waals surface area contributed by atoms with E-state index in [-0.39, 0.29) is 11.3 Å². The first-order chi connectivity index (χ1) is 17.6. The van der Waals surface area contributed by atoms with Gasteiger partial charge >= 0.3 is 6.16 Å². The van der Waals surface area contributed by atoms with Crippen molar-refractivity contribution in [3.63, 3.8) is 0 Å². The Bertz CT molecular complexity index is 959. The largest absolute Gasteiger partial charge is 0.528 e. The predicted octanol–water partition coefficient (Wildman–Crippen LogP) is 4.83. The quantitative estimate of drug-likeness (QED) is 0.536. The molecule has 204 valence electrons. The fraction of sp³-hybridized carbons (Fsp3) is 0.724. The Morgan fingerprint density at radius 2 is 1.51 bits per heavy atom. The van der Waals surface area contributed by atoms with E-state index < -0.39 is 11.8 Å². The lowest BCUT2D eigenvalue weighted by Crippen LogP contribution is -2.46. The molecule has 0 aromatic heterocycles. The van der Waals surface area contributed by atoms with Crippen molar-refractivity contribution >= 4 is 23.4 Å². The van der Waals surface area contributed by atoms with Crippen LogP contribution in [0.1, 0.15) is 72.6 Å². The van der Waals surface area contributed by atoms with Crippen molar-refractivity contribution in [1.82, 2.24) is 9.96 Å². The number of nitrogens with zero attached hydrogens (tertiary/aromatic N) is 4. The number of carbonyl (C=O) groups excluding carboxylic acids is 2. The Kier molecular flexibility index (Phi) is 7.42. The van der Waals surface area contributed by atoms with Crippen LogP contribution in [0.25, 0.3) is 0 Å². The van der Waals surface area contributed by atoms with Crippen molar-refractivity contribution in [2.45, 2.75) is 90.3 Å². The molecule has 0 unspecified atom stereocenters. The summed E-state index contributed by atoms with van der Waals surface area (Å²) in [6.07, 6.45) is 6.69. The van der Waals surface area contributed by atoms with E-state index in [2.05, 4.69) is 41.0 Å². The van der Waals surface area contributed by atoms with Crippen LogP contribution in [-0.4, -0.2) is 79.0 Å². The first-order valence-electron chi connectivity index (χ1n) is 14.2. The Hall–Kier alpha value is -2.32. The molecule has 4 aliphatic rings. The summed E-state index contributed by atoms with van der Waals surface area (Å²) in [6.45, 7) is 13.1. The standard InChI is InChI=1S/C29H44N4O4/c1-22-6-5-16-32(22)25-11-17-30(18-12-25)23-7-9-24(10-8-23)33-21-15-29(26(33)34)13-19-31(20-14-29)37-27(35)36-28(2,3)4/h7-10,22,25H,5-6,11-21H2,1-4H3/t22-/m0/s1. The molecule has 1 amide bonds. The molecule has 0 aliphatic carbocycles. The lowest BCUT2D eigenvalue weighted by atomic mass is 9.77. The van der Waals surface area contributed by atoms with Crippen LogP contribution in [0.4, 0.5) is 16.2 Å². The lowest BCUT2D eigenvalue weighted by Gasteiger charge is -2.39. The number of piperidine rings is 2. The summed E-state index contributed by atoms with van der Waals surface area (Å²) in [5, 5.41) is 1.64. The number of hydrogen-bond donors (Lipinski definition) is 0. The molecule has 4 aliphatic heterocycles. The maximum Gasteiger partial charge on any atom is 0.528 e. The fourth-order valence-electron chi connectivity index (χ4n) is 6.71. The van der Waals surface area contributed by atoms with E-state index in [1.54, 1.807) is 5.06 Å². The van der Waals surface area contributed by atoms with Gasteiger partial charge in [-0.05, 0) is 103 Å². The number of amides is 1. The van der Waals surface area contributed by atoms with Crippen LogP contribution in [0, 0.1) is 5.41 Å². The number of rotatable bonds is 4. The summed E-state index contributed by atoms with van der Waals surface area (Å²) in [5.41, 5.74) is 1.29. The molecule has 37 heavy (non-hydrogen) atoms. The maximum atomic E-state index is 13.5. The van der Waals surface area contributed by atoms with Crippen molar-refractivity contribution in [3.8, 4) is 0 Å². The van der Waals surface area contributed by atoms with Crippen molar-refractivity contribution in [3.05, 3.63) is 24.3 Å². The molecule has 1 spiro atoms. The SMILES string of the molecule is C[C@H]1CCCN1C1CCN(c2ccc(N3CCC4(CCN(OC(=O)OC(C)(C)C)CC4)C3=O)cc2)CC1. The average Bonchev–Trinajstić information content (AvgIpc) is 3.43. The second-order valence-electron chi connectivity index (χ2n) is 12.4. The maximum absolute atomic E-state index is 13.5. The van der Waals surface area contributed by atoms with Crippen LogP contribution in [0.5, 0.6) is 0 Å². The molecular weight excluding hydrogens is 468 g/mol. The Balaban J connectivity index is 1.13. The molecule has 4 heterocycles. The third-order valence-corrected chi connectivity index (χ3v) is 8.85. The highest BCUT2D eigenvalue weighted by Gasteiger charge is 2.49. The first-order valence-corrected chi connectivity index (χ1v) is 14.2. The van der Waals surface area contributed by atoms with Crippen molar-refractivity contribution < 1.29 is 19.2 Å². The van der Waals surface area contributed by atoms with Gasteiger partial charge in [0.25, 0.3) is 0 Å². The van der Waals surface area contributed by atoms with Gasteiger partial charge in [-0.3, -0.25) is 9.69 Å². The van der Waals surface area contributed by atoms with Crippen molar-refractivity contribution in [2.75, 3.05) is 49.1 Å². The summed E-state index contributed by atoms with van der Waals surface area (Å²) in [6, 6.07) is 10.1. The number of hydroxylamine groups is 2.